The Hall–Kier alpha value is -2.50. The van der Waals surface area contributed by atoms with Gasteiger partial charge in [-0.05, 0) is 42.5 Å². The van der Waals surface area contributed by atoms with Crippen LogP contribution in [0, 0.1) is 0 Å². The third kappa shape index (κ3) is 3.62. The van der Waals surface area contributed by atoms with Crippen molar-refractivity contribution in [3.05, 3.63) is 63.3 Å². The summed E-state index contributed by atoms with van der Waals surface area (Å²) >= 11 is 12.1. The minimum Gasteiger partial charge on any atom is -0.497 e. The van der Waals surface area contributed by atoms with Gasteiger partial charge in [0.15, 0.2) is 5.70 Å². The molecule has 7 heteroatoms. The lowest BCUT2D eigenvalue weighted by molar-refractivity contribution is -0.129. The Bertz CT molecular complexity index is 906. The summed E-state index contributed by atoms with van der Waals surface area (Å²) in [6.07, 6.45) is 1.56. The zero-order chi connectivity index (χ0) is 18.0. The van der Waals surface area contributed by atoms with Gasteiger partial charge in [0.1, 0.15) is 11.5 Å². The SMILES string of the molecule is COc1ccc(OC)c(/C=C2/N=C(c3cc(Cl)ccc3Cl)OC2=O)c1. The number of hydrogen-bond acceptors (Lipinski definition) is 5. The largest absolute Gasteiger partial charge is 0.497 e. The molecule has 1 aliphatic rings. The van der Waals surface area contributed by atoms with Crippen LogP contribution in [0.15, 0.2) is 47.1 Å². The number of carbonyl (C=O) groups excluding carboxylic acids is 1. The van der Waals surface area contributed by atoms with Crippen molar-refractivity contribution in [1.82, 2.24) is 0 Å². The average molecular weight is 378 g/mol. The van der Waals surface area contributed by atoms with Crippen molar-refractivity contribution < 1.29 is 19.0 Å². The Morgan fingerprint density at radius 2 is 1.88 bits per heavy atom. The summed E-state index contributed by atoms with van der Waals surface area (Å²) in [6.45, 7) is 0. The molecule has 0 spiro atoms. The highest BCUT2D eigenvalue weighted by atomic mass is 35.5. The fourth-order valence-corrected chi connectivity index (χ4v) is 2.66. The molecule has 128 valence electrons. The van der Waals surface area contributed by atoms with Gasteiger partial charge in [-0.15, -0.1) is 0 Å². The zero-order valence-electron chi connectivity index (χ0n) is 13.4. The fourth-order valence-electron chi connectivity index (χ4n) is 2.29. The molecule has 0 aliphatic carbocycles. The summed E-state index contributed by atoms with van der Waals surface area (Å²) in [5.74, 6) is 0.716. The van der Waals surface area contributed by atoms with Crippen LogP contribution < -0.4 is 9.47 Å². The van der Waals surface area contributed by atoms with Crippen molar-refractivity contribution >= 4 is 41.1 Å². The quantitative estimate of drug-likeness (QED) is 0.586. The molecule has 1 aliphatic heterocycles. The Kier molecular flexibility index (Phi) is 4.97. The molecule has 25 heavy (non-hydrogen) atoms. The van der Waals surface area contributed by atoms with E-state index in [0.29, 0.717) is 32.7 Å². The number of methoxy groups -OCH3 is 2. The zero-order valence-corrected chi connectivity index (χ0v) is 14.9. The Morgan fingerprint density at radius 1 is 1.08 bits per heavy atom. The molecule has 0 fully saturated rings. The van der Waals surface area contributed by atoms with Crippen LogP contribution in [0.3, 0.4) is 0 Å². The molecular formula is C18H13Cl2NO4. The van der Waals surface area contributed by atoms with Crippen molar-refractivity contribution in [1.29, 1.82) is 0 Å². The van der Waals surface area contributed by atoms with Gasteiger partial charge in [0.05, 0.1) is 24.8 Å². The number of halogens is 2. The van der Waals surface area contributed by atoms with Gasteiger partial charge in [-0.3, -0.25) is 0 Å². The third-order valence-corrected chi connectivity index (χ3v) is 4.07. The van der Waals surface area contributed by atoms with Crippen LogP contribution in [0.5, 0.6) is 11.5 Å². The maximum absolute atomic E-state index is 12.2. The van der Waals surface area contributed by atoms with E-state index >= 15 is 0 Å². The first-order valence-corrected chi connectivity index (χ1v) is 7.97. The predicted molar refractivity (Wildman–Crippen MR) is 96.6 cm³/mol. The molecule has 5 nitrogen and oxygen atoms in total. The van der Waals surface area contributed by atoms with Crippen molar-refractivity contribution in [2.24, 2.45) is 4.99 Å². The highest BCUT2D eigenvalue weighted by molar-refractivity contribution is 6.36. The van der Waals surface area contributed by atoms with E-state index in [1.165, 1.54) is 7.11 Å². The normalized spacial score (nSPS) is 15.1. The molecule has 0 aromatic heterocycles. The second-order valence-electron chi connectivity index (χ2n) is 5.07. The van der Waals surface area contributed by atoms with Crippen LogP contribution in [-0.2, 0) is 9.53 Å². The third-order valence-electron chi connectivity index (χ3n) is 3.51. The van der Waals surface area contributed by atoms with E-state index in [1.807, 2.05) is 0 Å². The van der Waals surface area contributed by atoms with Gasteiger partial charge in [-0.2, -0.15) is 0 Å². The second kappa shape index (κ2) is 7.17. The van der Waals surface area contributed by atoms with Gasteiger partial charge in [0, 0.05) is 10.6 Å². The van der Waals surface area contributed by atoms with Gasteiger partial charge >= 0.3 is 5.97 Å². The monoisotopic (exact) mass is 377 g/mol. The van der Waals surface area contributed by atoms with E-state index in [1.54, 1.807) is 49.6 Å². The molecule has 3 rings (SSSR count). The van der Waals surface area contributed by atoms with Crippen LogP contribution in [0.2, 0.25) is 10.0 Å². The molecule has 2 aromatic rings. The molecule has 2 aromatic carbocycles. The summed E-state index contributed by atoms with van der Waals surface area (Å²) in [7, 11) is 3.09. The number of benzene rings is 2. The highest BCUT2D eigenvalue weighted by Gasteiger charge is 2.26. The standard InChI is InChI=1S/C18H13Cl2NO4/c1-23-12-4-6-16(24-2)10(7-12)8-15-18(22)25-17(21-15)13-9-11(19)3-5-14(13)20/h3-9H,1-2H3/b15-8+. The molecule has 0 radical (unpaired) electrons. The van der Waals surface area contributed by atoms with E-state index in [0.717, 1.165) is 0 Å². The summed E-state index contributed by atoms with van der Waals surface area (Å²) in [5, 5.41) is 0.848. The number of esters is 1. The molecule has 0 saturated heterocycles. The first kappa shape index (κ1) is 17.3. The molecule has 0 bridgehead atoms. The maximum atomic E-state index is 12.2. The van der Waals surface area contributed by atoms with E-state index in [9.17, 15) is 4.79 Å². The molecule has 0 saturated carbocycles. The first-order valence-electron chi connectivity index (χ1n) is 7.22. The van der Waals surface area contributed by atoms with Gasteiger partial charge in [-0.25, -0.2) is 9.79 Å². The van der Waals surface area contributed by atoms with Crippen molar-refractivity contribution in [2.75, 3.05) is 14.2 Å². The molecule has 0 amide bonds. The van der Waals surface area contributed by atoms with Crippen LogP contribution in [0.4, 0.5) is 0 Å². The maximum Gasteiger partial charge on any atom is 0.363 e. The first-order chi connectivity index (χ1) is 12.0. The smallest absolute Gasteiger partial charge is 0.363 e. The highest BCUT2D eigenvalue weighted by Crippen LogP contribution is 2.29. The Balaban J connectivity index is 2.03. The number of cyclic esters (lactones) is 1. The van der Waals surface area contributed by atoms with E-state index in [2.05, 4.69) is 4.99 Å². The predicted octanol–water partition coefficient (Wildman–Crippen LogP) is 4.36. The van der Waals surface area contributed by atoms with Crippen LogP contribution in [0.25, 0.3) is 6.08 Å². The van der Waals surface area contributed by atoms with Crippen molar-refractivity contribution in [2.45, 2.75) is 0 Å². The summed E-state index contributed by atoms with van der Waals surface area (Å²) in [4.78, 5) is 16.4. The van der Waals surface area contributed by atoms with E-state index in [-0.39, 0.29) is 11.6 Å². The second-order valence-corrected chi connectivity index (χ2v) is 5.91. The van der Waals surface area contributed by atoms with Crippen molar-refractivity contribution in [3.8, 4) is 11.5 Å². The topological polar surface area (TPSA) is 57.1 Å². The van der Waals surface area contributed by atoms with Crippen LogP contribution in [0.1, 0.15) is 11.1 Å². The molecule has 0 unspecified atom stereocenters. The Morgan fingerprint density at radius 3 is 2.60 bits per heavy atom. The fraction of sp³-hybridized carbons (Fsp3) is 0.111. The van der Waals surface area contributed by atoms with Gasteiger partial charge in [0.2, 0.25) is 5.90 Å². The lowest BCUT2D eigenvalue weighted by Crippen LogP contribution is -2.06. The minimum atomic E-state index is -0.587. The average Bonchev–Trinajstić information content (AvgIpc) is 2.97. The summed E-state index contributed by atoms with van der Waals surface area (Å²) in [6, 6.07) is 10.1. The summed E-state index contributed by atoms with van der Waals surface area (Å²) < 4.78 is 15.7. The Labute approximate surface area is 154 Å². The van der Waals surface area contributed by atoms with Crippen LogP contribution >= 0.6 is 23.2 Å². The molecule has 1 heterocycles. The number of carbonyl (C=O) groups is 1. The lowest BCUT2D eigenvalue weighted by atomic mass is 10.1. The van der Waals surface area contributed by atoms with Crippen molar-refractivity contribution in [3.63, 3.8) is 0 Å². The minimum absolute atomic E-state index is 0.102. The number of ether oxygens (including phenoxy) is 3. The van der Waals surface area contributed by atoms with Gasteiger partial charge in [-0.1, -0.05) is 23.2 Å². The number of hydrogen-bond donors (Lipinski definition) is 0. The van der Waals surface area contributed by atoms with Crippen LogP contribution in [-0.4, -0.2) is 26.1 Å². The lowest BCUT2D eigenvalue weighted by Gasteiger charge is -2.07. The van der Waals surface area contributed by atoms with E-state index in [4.69, 9.17) is 37.4 Å². The van der Waals surface area contributed by atoms with Gasteiger partial charge in [0.25, 0.3) is 0 Å². The molecule has 0 atom stereocenters. The number of aliphatic imine (C=N–C) groups is 1. The molecule has 0 N–H and O–H groups in total. The summed E-state index contributed by atoms with van der Waals surface area (Å²) in [5.41, 5.74) is 1.21. The van der Waals surface area contributed by atoms with E-state index < -0.39 is 5.97 Å². The van der Waals surface area contributed by atoms with Gasteiger partial charge < -0.3 is 14.2 Å². The number of nitrogens with zero attached hydrogens (tertiary/aromatic N) is 1. The molecular weight excluding hydrogens is 365 g/mol. The number of rotatable bonds is 4.